The van der Waals surface area contributed by atoms with Crippen molar-refractivity contribution in [3.8, 4) is 0 Å². The normalized spacial score (nSPS) is 18.5. The minimum atomic E-state index is -0.338. The summed E-state index contributed by atoms with van der Waals surface area (Å²) in [5.74, 6) is -0.338. The van der Waals surface area contributed by atoms with Crippen LogP contribution in [0, 0.1) is 6.92 Å². The average Bonchev–Trinajstić information content (AvgIpc) is 2.29. The third-order valence-electron chi connectivity index (χ3n) is 2.45. The number of rotatable bonds is 1. The van der Waals surface area contributed by atoms with E-state index in [9.17, 15) is 9.59 Å². The molecule has 0 unspecified atom stereocenters. The molecule has 0 saturated heterocycles. The Morgan fingerprint density at radius 1 is 1.18 bits per heavy atom. The molecule has 0 aromatic heterocycles. The lowest BCUT2D eigenvalue weighted by molar-refractivity contribution is -0.114. The van der Waals surface area contributed by atoms with Gasteiger partial charge in [-0.05, 0) is 42.8 Å². The fourth-order valence-corrected chi connectivity index (χ4v) is 2.16. The highest BCUT2D eigenvalue weighted by molar-refractivity contribution is 8.19. The van der Waals surface area contributed by atoms with E-state index in [1.54, 1.807) is 13.0 Å². The van der Waals surface area contributed by atoms with Crippen LogP contribution in [0.3, 0.4) is 0 Å². The van der Waals surface area contributed by atoms with E-state index in [2.05, 4.69) is 4.99 Å². The number of carbonyl (C=O) groups excluding carboxylic acids is 2. The third-order valence-corrected chi connectivity index (χ3v) is 3.45. The molecular weight excluding hydrogens is 234 g/mol. The van der Waals surface area contributed by atoms with Crippen molar-refractivity contribution in [2.45, 2.75) is 13.8 Å². The smallest absolute Gasteiger partial charge is 0.280 e. The largest absolute Gasteiger partial charge is 0.284 e. The van der Waals surface area contributed by atoms with Crippen LogP contribution in [0.15, 0.2) is 34.2 Å². The van der Waals surface area contributed by atoms with Crippen LogP contribution in [0.4, 0.5) is 0 Å². The Morgan fingerprint density at radius 3 is 2.59 bits per heavy atom. The SMILES string of the molecule is CC1=NC(=O)/C(=C\c2ccccc2C)SC1=O. The van der Waals surface area contributed by atoms with Crippen molar-refractivity contribution in [1.29, 1.82) is 0 Å². The van der Waals surface area contributed by atoms with E-state index in [1.165, 1.54) is 0 Å². The van der Waals surface area contributed by atoms with Gasteiger partial charge >= 0.3 is 0 Å². The first kappa shape index (κ1) is 11.8. The monoisotopic (exact) mass is 245 g/mol. The average molecular weight is 245 g/mol. The van der Waals surface area contributed by atoms with Gasteiger partial charge in [-0.3, -0.25) is 9.59 Å². The van der Waals surface area contributed by atoms with Gasteiger partial charge < -0.3 is 0 Å². The molecule has 0 N–H and O–H groups in total. The van der Waals surface area contributed by atoms with Gasteiger partial charge in [-0.25, -0.2) is 4.99 Å². The molecule has 17 heavy (non-hydrogen) atoms. The number of aryl methyl sites for hydroxylation is 1. The fourth-order valence-electron chi connectivity index (χ4n) is 1.45. The minimum Gasteiger partial charge on any atom is -0.280 e. The van der Waals surface area contributed by atoms with E-state index in [1.807, 2.05) is 31.2 Å². The lowest BCUT2D eigenvalue weighted by Crippen LogP contribution is -2.16. The summed E-state index contributed by atoms with van der Waals surface area (Å²) in [5, 5.41) is -0.163. The zero-order valence-corrected chi connectivity index (χ0v) is 10.4. The van der Waals surface area contributed by atoms with E-state index in [0.29, 0.717) is 4.91 Å². The number of hydrogen-bond acceptors (Lipinski definition) is 3. The predicted molar refractivity (Wildman–Crippen MR) is 69.9 cm³/mol. The summed E-state index contributed by atoms with van der Waals surface area (Å²) in [5.41, 5.74) is 2.26. The van der Waals surface area contributed by atoms with Gasteiger partial charge in [0.25, 0.3) is 5.91 Å². The molecule has 1 heterocycles. The molecule has 3 nitrogen and oxygen atoms in total. The summed E-state index contributed by atoms with van der Waals surface area (Å²) in [6, 6.07) is 7.70. The lowest BCUT2D eigenvalue weighted by atomic mass is 10.1. The molecule has 0 saturated carbocycles. The second kappa shape index (κ2) is 4.67. The van der Waals surface area contributed by atoms with Crippen LogP contribution in [0.2, 0.25) is 0 Å². The summed E-state index contributed by atoms with van der Waals surface area (Å²) in [7, 11) is 0. The molecule has 1 aliphatic rings. The maximum Gasteiger partial charge on any atom is 0.284 e. The van der Waals surface area contributed by atoms with Crippen LogP contribution in [0.1, 0.15) is 18.1 Å². The van der Waals surface area contributed by atoms with Crippen molar-refractivity contribution < 1.29 is 9.59 Å². The van der Waals surface area contributed by atoms with Gasteiger partial charge in [-0.15, -0.1) is 0 Å². The number of thioether (sulfide) groups is 1. The molecule has 86 valence electrons. The van der Waals surface area contributed by atoms with E-state index in [-0.39, 0.29) is 16.7 Å². The van der Waals surface area contributed by atoms with Crippen LogP contribution < -0.4 is 0 Å². The van der Waals surface area contributed by atoms with Crippen molar-refractivity contribution in [1.82, 2.24) is 0 Å². The zero-order valence-electron chi connectivity index (χ0n) is 9.56. The van der Waals surface area contributed by atoms with E-state index < -0.39 is 0 Å². The number of amides is 1. The second-order valence-electron chi connectivity index (χ2n) is 3.76. The molecule has 0 radical (unpaired) electrons. The topological polar surface area (TPSA) is 46.5 Å². The first-order valence-electron chi connectivity index (χ1n) is 5.17. The molecule has 1 aromatic rings. The van der Waals surface area contributed by atoms with Gasteiger partial charge in [0.1, 0.15) is 0 Å². The second-order valence-corrected chi connectivity index (χ2v) is 4.77. The Kier molecular flexibility index (Phi) is 3.24. The summed E-state index contributed by atoms with van der Waals surface area (Å²) in [6.07, 6.45) is 1.72. The summed E-state index contributed by atoms with van der Waals surface area (Å²) in [4.78, 5) is 27.2. The standard InChI is InChI=1S/C13H11NO2S/c1-8-5-3-4-6-10(8)7-11-12(15)14-9(2)13(16)17-11/h3-7H,1-2H3/b11-7+. The van der Waals surface area contributed by atoms with Gasteiger partial charge in [0, 0.05) is 0 Å². The summed E-state index contributed by atoms with van der Waals surface area (Å²) in [6.45, 7) is 3.51. The number of carbonyl (C=O) groups is 2. The van der Waals surface area contributed by atoms with Crippen molar-refractivity contribution in [2.75, 3.05) is 0 Å². The van der Waals surface area contributed by atoms with Crippen LogP contribution in [0.5, 0.6) is 0 Å². The summed E-state index contributed by atoms with van der Waals surface area (Å²) < 4.78 is 0. The van der Waals surface area contributed by atoms with Crippen LogP contribution in [0.25, 0.3) is 6.08 Å². The Labute approximate surface area is 104 Å². The van der Waals surface area contributed by atoms with Crippen LogP contribution >= 0.6 is 11.8 Å². The van der Waals surface area contributed by atoms with E-state index >= 15 is 0 Å². The van der Waals surface area contributed by atoms with Crippen molar-refractivity contribution >= 4 is 34.6 Å². The molecule has 2 rings (SSSR count). The Hall–Kier alpha value is -1.68. The van der Waals surface area contributed by atoms with Crippen molar-refractivity contribution in [3.63, 3.8) is 0 Å². The van der Waals surface area contributed by atoms with Crippen molar-refractivity contribution in [3.05, 3.63) is 40.3 Å². The molecule has 0 bridgehead atoms. The highest BCUT2D eigenvalue weighted by atomic mass is 32.2. The van der Waals surface area contributed by atoms with Gasteiger partial charge in [-0.2, -0.15) is 0 Å². The number of nitrogens with zero attached hydrogens (tertiary/aromatic N) is 1. The molecule has 0 spiro atoms. The van der Waals surface area contributed by atoms with Crippen molar-refractivity contribution in [2.24, 2.45) is 4.99 Å². The Balaban J connectivity index is 2.39. The molecule has 0 fully saturated rings. The maximum atomic E-state index is 11.6. The number of aliphatic imine (C=N–C) groups is 1. The maximum absolute atomic E-state index is 11.6. The highest BCUT2D eigenvalue weighted by Gasteiger charge is 2.23. The zero-order chi connectivity index (χ0) is 12.4. The number of hydrogen-bond donors (Lipinski definition) is 0. The highest BCUT2D eigenvalue weighted by Crippen LogP contribution is 2.26. The predicted octanol–water partition coefficient (Wildman–Crippen LogP) is 2.60. The van der Waals surface area contributed by atoms with Gasteiger partial charge in [0.15, 0.2) is 0 Å². The summed E-state index contributed by atoms with van der Waals surface area (Å²) >= 11 is 0.948. The van der Waals surface area contributed by atoms with Crippen LogP contribution in [-0.2, 0) is 9.59 Å². The van der Waals surface area contributed by atoms with E-state index in [4.69, 9.17) is 0 Å². The van der Waals surface area contributed by atoms with Gasteiger partial charge in [0.2, 0.25) is 5.12 Å². The molecule has 1 amide bonds. The third kappa shape index (κ3) is 2.53. The Morgan fingerprint density at radius 2 is 1.88 bits per heavy atom. The molecular formula is C13H11NO2S. The van der Waals surface area contributed by atoms with Crippen LogP contribution in [-0.4, -0.2) is 16.7 Å². The first-order chi connectivity index (χ1) is 8.08. The molecule has 1 aliphatic heterocycles. The number of benzene rings is 1. The molecule has 4 heteroatoms. The molecule has 0 aliphatic carbocycles. The lowest BCUT2D eigenvalue weighted by Gasteiger charge is -2.09. The fraction of sp³-hybridized carbons (Fsp3) is 0.154. The first-order valence-corrected chi connectivity index (χ1v) is 5.98. The minimum absolute atomic E-state index is 0.163. The molecule has 1 aromatic carbocycles. The van der Waals surface area contributed by atoms with Gasteiger partial charge in [-0.1, -0.05) is 24.3 Å². The molecule has 0 atom stereocenters. The Bertz CT molecular complexity index is 558. The quantitative estimate of drug-likeness (QED) is 0.714. The van der Waals surface area contributed by atoms with E-state index in [0.717, 1.165) is 22.9 Å². The van der Waals surface area contributed by atoms with Gasteiger partial charge in [0.05, 0.1) is 10.6 Å².